The first-order chi connectivity index (χ1) is 6.74. The van der Waals surface area contributed by atoms with Crippen LogP contribution in [0.5, 0.6) is 0 Å². The summed E-state index contributed by atoms with van der Waals surface area (Å²) in [6.07, 6.45) is 3.84. The molecule has 0 aromatic carbocycles. The van der Waals surface area contributed by atoms with Crippen LogP contribution >= 0.6 is 0 Å². The Bertz CT molecular complexity index is 166. The van der Waals surface area contributed by atoms with Gasteiger partial charge in [-0.1, -0.05) is 20.8 Å². The lowest BCUT2D eigenvalue weighted by atomic mass is 10.1. The van der Waals surface area contributed by atoms with Crippen LogP contribution in [0, 0.1) is 11.3 Å². The Kier molecular flexibility index (Phi) is 4.39. The summed E-state index contributed by atoms with van der Waals surface area (Å²) in [6.45, 7) is 10.4. The maximum Gasteiger partial charge on any atom is 0.0499 e. The molecule has 0 aromatic rings. The van der Waals surface area contributed by atoms with Crippen LogP contribution in [0.3, 0.4) is 0 Å². The van der Waals surface area contributed by atoms with Gasteiger partial charge in [0, 0.05) is 25.1 Å². The standard InChI is InChI=1S/C10H19NO.C2H6/c1-9-2-5-11(6-9)7-10(8-12)3-4-10;1-2/h9,12H,2-8H2,1H3;1-2H3. The van der Waals surface area contributed by atoms with E-state index in [2.05, 4.69) is 11.8 Å². The van der Waals surface area contributed by atoms with Crippen molar-refractivity contribution in [3.8, 4) is 0 Å². The third-order valence-corrected chi connectivity index (χ3v) is 3.36. The zero-order valence-electron chi connectivity index (χ0n) is 9.92. The average Bonchev–Trinajstić information content (AvgIpc) is 2.87. The molecular weight excluding hydrogens is 174 g/mol. The molecule has 1 heterocycles. The normalized spacial score (nSPS) is 29.6. The van der Waals surface area contributed by atoms with Crippen LogP contribution in [-0.2, 0) is 0 Å². The number of nitrogens with zero attached hydrogens (tertiary/aromatic N) is 1. The molecule has 0 aromatic heterocycles. The van der Waals surface area contributed by atoms with Crippen molar-refractivity contribution in [3.63, 3.8) is 0 Å². The number of rotatable bonds is 3. The van der Waals surface area contributed by atoms with Gasteiger partial charge in [-0.25, -0.2) is 0 Å². The first-order valence-corrected chi connectivity index (χ1v) is 6.07. The van der Waals surface area contributed by atoms with Crippen LogP contribution in [0.4, 0.5) is 0 Å². The first-order valence-electron chi connectivity index (χ1n) is 6.07. The van der Waals surface area contributed by atoms with Gasteiger partial charge >= 0.3 is 0 Å². The van der Waals surface area contributed by atoms with Crippen molar-refractivity contribution in [2.24, 2.45) is 11.3 Å². The third kappa shape index (κ3) is 2.96. The fourth-order valence-electron chi connectivity index (χ4n) is 2.19. The van der Waals surface area contributed by atoms with Gasteiger partial charge in [0.15, 0.2) is 0 Å². The summed E-state index contributed by atoms with van der Waals surface area (Å²) < 4.78 is 0. The summed E-state index contributed by atoms with van der Waals surface area (Å²) in [5.74, 6) is 0.875. The van der Waals surface area contributed by atoms with Crippen molar-refractivity contribution in [1.82, 2.24) is 4.90 Å². The highest BCUT2D eigenvalue weighted by molar-refractivity contribution is 4.95. The van der Waals surface area contributed by atoms with E-state index in [4.69, 9.17) is 5.11 Å². The number of aliphatic hydroxyl groups is 1. The molecule has 0 bridgehead atoms. The van der Waals surface area contributed by atoms with E-state index in [-0.39, 0.29) is 0 Å². The van der Waals surface area contributed by atoms with Crippen molar-refractivity contribution >= 4 is 0 Å². The molecule has 0 radical (unpaired) electrons. The maximum atomic E-state index is 9.16. The zero-order chi connectivity index (χ0) is 10.6. The van der Waals surface area contributed by atoms with Crippen LogP contribution in [0.1, 0.15) is 40.0 Å². The predicted molar refractivity (Wildman–Crippen MR) is 60.3 cm³/mol. The molecule has 84 valence electrons. The van der Waals surface area contributed by atoms with Crippen molar-refractivity contribution in [3.05, 3.63) is 0 Å². The van der Waals surface area contributed by atoms with Crippen LogP contribution in [0.15, 0.2) is 0 Å². The molecule has 0 spiro atoms. The lowest BCUT2D eigenvalue weighted by Gasteiger charge is -2.21. The van der Waals surface area contributed by atoms with E-state index in [1.165, 1.54) is 32.4 Å². The molecule has 1 atom stereocenters. The molecule has 0 amide bonds. The second-order valence-corrected chi connectivity index (χ2v) is 4.79. The monoisotopic (exact) mass is 199 g/mol. The van der Waals surface area contributed by atoms with Gasteiger partial charge in [-0.15, -0.1) is 0 Å². The molecule has 14 heavy (non-hydrogen) atoms. The molecule has 2 nitrogen and oxygen atoms in total. The SMILES string of the molecule is CC.CC1CCN(CC2(CO)CC2)C1. The number of hydrogen-bond donors (Lipinski definition) is 1. The first kappa shape index (κ1) is 12.0. The lowest BCUT2D eigenvalue weighted by molar-refractivity contribution is 0.162. The van der Waals surface area contributed by atoms with Crippen molar-refractivity contribution in [2.75, 3.05) is 26.2 Å². The summed E-state index contributed by atoms with van der Waals surface area (Å²) in [4.78, 5) is 2.52. The van der Waals surface area contributed by atoms with E-state index >= 15 is 0 Å². The fourth-order valence-corrected chi connectivity index (χ4v) is 2.19. The Morgan fingerprint density at radius 1 is 1.36 bits per heavy atom. The topological polar surface area (TPSA) is 23.5 Å². The van der Waals surface area contributed by atoms with E-state index in [9.17, 15) is 0 Å². The number of likely N-dealkylation sites (tertiary alicyclic amines) is 1. The summed E-state index contributed by atoms with van der Waals surface area (Å²) >= 11 is 0. The number of aliphatic hydroxyl groups excluding tert-OH is 1. The van der Waals surface area contributed by atoms with E-state index in [0.29, 0.717) is 12.0 Å². The van der Waals surface area contributed by atoms with Gasteiger partial charge in [-0.2, -0.15) is 0 Å². The summed E-state index contributed by atoms with van der Waals surface area (Å²) in [5, 5.41) is 9.16. The molecule has 2 fully saturated rings. The predicted octanol–water partition coefficient (Wildman–Crippen LogP) is 2.13. The van der Waals surface area contributed by atoms with Gasteiger partial charge in [0.2, 0.25) is 0 Å². The summed E-state index contributed by atoms with van der Waals surface area (Å²) in [5.41, 5.74) is 0.323. The summed E-state index contributed by atoms with van der Waals surface area (Å²) in [7, 11) is 0. The fraction of sp³-hybridized carbons (Fsp3) is 1.00. The molecule has 1 aliphatic heterocycles. The summed E-state index contributed by atoms with van der Waals surface area (Å²) in [6, 6.07) is 0. The Labute approximate surface area is 88.3 Å². The minimum Gasteiger partial charge on any atom is -0.396 e. The molecule has 2 heteroatoms. The van der Waals surface area contributed by atoms with E-state index in [1.807, 2.05) is 13.8 Å². The molecule has 1 N–H and O–H groups in total. The smallest absolute Gasteiger partial charge is 0.0499 e. The molecule has 1 saturated carbocycles. The van der Waals surface area contributed by atoms with Gasteiger partial charge in [-0.3, -0.25) is 0 Å². The molecule has 1 unspecified atom stereocenters. The van der Waals surface area contributed by atoms with E-state index < -0.39 is 0 Å². The highest BCUT2D eigenvalue weighted by atomic mass is 16.3. The molecule has 2 aliphatic rings. The largest absolute Gasteiger partial charge is 0.396 e. The van der Waals surface area contributed by atoms with Gasteiger partial charge in [0.1, 0.15) is 0 Å². The van der Waals surface area contributed by atoms with Crippen molar-refractivity contribution < 1.29 is 5.11 Å². The van der Waals surface area contributed by atoms with Crippen LogP contribution < -0.4 is 0 Å². The quantitative estimate of drug-likeness (QED) is 0.752. The Hall–Kier alpha value is -0.0800. The Balaban J connectivity index is 0.000000461. The Morgan fingerprint density at radius 3 is 2.36 bits per heavy atom. The highest BCUT2D eigenvalue weighted by Gasteiger charge is 2.43. The van der Waals surface area contributed by atoms with E-state index in [0.717, 1.165) is 12.5 Å². The number of hydrogen-bond acceptors (Lipinski definition) is 2. The second kappa shape index (κ2) is 5.13. The Morgan fingerprint density at radius 2 is 2.00 bits per heavy atom. The van der Waals surface area contributed by atoms with Crippen LogP contribution in [-0.4, -0.2) is 36.2 Å². The molecular formula is C12H25NO. The highest BCUT2D eigenvalue weighted by Crippen LogP contribution is 2.46. The maximum absolute atomic E-state index is 9.16. The molecule has 1 aliphatic carbocycles. The average molecular weight is 199 g/mol. The molecule has 1 saturated heterocycles. The lowest BCUT2D eigenvalue weighted by Crippen LogP contribution is -2.30. The van der Waals surface area contributed by atoms with Gasteiger partial charge in [0.25, 0.3) is 0 Å². The van der Waals surface area contributed by atoms with Gasteiger partial charge in [-0.05, 0) is 31.7 Å². The zero-order valence-corrected chi connectivity index (χ0v) is 9.92. The van der Waals surface area contributed by atoms with Crippen molar-refractivity contribution in [1.29, 1.82) is 0 Å². The van der Waals surface area contributed by atoms with Crippen LogP contribution in [0.25, 0.3) is 0 Å². The van der Waals surface area contributed by atoms with Gasteiger partial charge < -0.3 is 10.0 Å². The third-order valence-electron chi connectivity index (χ3n) is 3.36. The molecule has 2 rings (SSSR count). The van der Waals surface area contributed by atoms with Crippen LogP contribution in [0.2, 0.25) is 0 Å². The minimum atomic E-state index is 0.323. The van der Waals surface area contributed by atoms with E-state index in [1.54, 1.807) is 0 Å². The van der Waals surface area contributed by atoms with Crippen molar-refractivity contribution in [2.45, 2.75) is 40.0 Å². The minimum absolute atomic E-state index is 0.323. The second-order valence-electron chi connectivity index (χ2n) is 4.79. The van der Waals surface area contributed by atoms with Gasteiger partial charge in [0.05, 0.1) is 0 Å².